The molecule has 9 heteroatoms. The van der Waals surface area contributed by atoms with Gasteiger partial charge in [-0.1, -0.05) is 17.7 Å². The van der Waals surface area contributed by atoms with Gasteiger partial charge in [0.1, 0.15) is 12.1 Å². The number of nitrogens with zero attached hydrogens (tertiary/aromatic N) is 4. The minimum Gasteiger partial charge on any atom is -0.438 e. The molecule has 8 nitrogen and oxygen atoms in total. The van der Waals surface area contributed by atoms with Gasteiger partial charge in [-0.2, -0.15) is 0 Å². The predicted molar refractivity (Wildman–Crippen MR) is 124 cm³/mol. The number of benzene rings is 2. The molecule has 2 N–H and O–H groups in total. The van der Waals surface area contributed by atoms with E-state index < -0.39 is 0 Å². The second-order valence-electron chi connectivity index (χ2n) is 7.18. The number of urea groups is 1. The number of aryl methyl sites for hydroxylation is 2. The lowest BCUT2D eigenvalue weighted by Crippen LogP contribution is -2.19. The third-order valence-corrected chi connectivity index (χ3v) is 5.30. The summed E-state index contributed by atoms with van der Waals surface area (Å²) in [4.78, 5) is 16.5. The molecule has 0 aliphatic heterocycles. The Hall–Kier alpha value is -3.91. The standard InChI is InChI=1S/C23H21ClN6O2/c1-14-4-5-18(12-20(14)24)27-23(31)26-17-6-8-19(9-7-17)32-22-11-10-21(28-29-22)30-13-25-15(2)16(30)3/h4-13H,1-3H3,(H2,26,27,31). The maximum Gasteiger partial charge on any atom is 0.323 e. The van der Waals surface area contributed by atoms with E-state index in [0.29, 0.717) is 33.8 Å². The van der Waals surface area contributed by atoms with Crippen LogP contribution in [0, 0.1) is 20.8 Å². The number of carbonyl (C=O) groups is 1. The minimum absolute atomic E-state index is 0.359. The first-order chi connectivity index (χ1) is 15.4. The zero-order chi connectivity index (χ0) is 22.7. The highest BCUT2D eigenvalue weighted by Gasteiger charge is 2.08. The number of amides is 2. The summed E-state index contributed by atoms with van der Waals surface area (Å²) in [6.07, 6.45) is 1.71. The number of nitrogens with one attached hydrogen (secondary N) is 2. The van der Waals surface area contributed by atoms with Crippen molar-refractivity contribution in [2.45, 2.75) is 20.8 Å². The molecule has 32 heavy (non-hydrogen) atoms. The highest BCUT2D eigenvalue weighted by Crippen LogP contribution is 2.23. The Morgan fingerprint density at radius 1 is 0.938 bits per heavy atom. The van der Waals surface area contributed by atoms with Crippen LogP contribution in [0.3, 0.4) is 0 Å². The molecule has 2 aromatic heterocycles. The molecular formula is C23H21ClN6O2. The van der Waals surface area contributed by atoms with Crippen molar-refractivity contribution in [3.8, 4) is 17.4 Å². The van der Waals surface area contributed by atoms with Crippen LogP contribution in [0.4, 0.5) is 16.2 Å². The molecule has 2 heterocycles. The lowest BCUT2D eigenvalue weighted by Gasteiger charge is -2.10. The molecular weight excluding hydrogens is 428 g/mol. The van der Waals surface area contributed by atoms with Crippen molar-refractivity contribution >= 4 is 29.0 Å². The Morgan fingerprint density at radius 2 is 1.66 bits per heavy atom. The Balaban J connectivity index is 1.35. The van der Waals surface area contributed by atoms with Gasteiger partial charge >= 0.3 is 6.03 Å². The zero-order valence-electron chi connectivity index (χ0n) is 17.8. The number of hydrogen-bond acceptors (Lipinski definition) is 5. The van der Waals surface area contributed by atoms with Gasteiger partial charge in [0.15, 0.2) is 5.82 Å². The van der Waals surface area contributed by atoms with Crippen LogP contribution in [0.1, 0.15) is 17.0 Å². The van der Waals surface area contributed by atoms with E-state index in [1.54, 1.807) is 48.8 Å². The summed E-state index contributed by atoms with van der Waals surface area (Å²) < 4.78 is 7.61. The SMILES string of the molecule is Cc1ccc(NC(=O)Nc2ccc(Oc3ccc(-n4cnc(C)c4C)nn3)cc2)cc1Cl. The zero-order valence-corrected chi connectivity index (χ0v) is 18.5. The summed E-state index contributed by atoms with van der Waals surface area (Å²) >= 11 is 6.09. The smallest absolute Gasteiger partial charge is 0.323 e. The van der Waals surface area contributed by atoms with Gasteiger partial charge in [-0.05, 0) is 68.8 Å². The van der Waals surface area contributed by atoms with Crippen LogP contribution >= 0.6 is 11.6 Å². The fourth-order valence-corrected chi connectivity index (χ4v) is 3.10. The number of anilines is 2. The molecule has 0 aliphatic rings. The van der Waals surface area contributed by atoms with Crippen molar-refractivity contribution in [1.82, 2.24) is 19.7 Å². The first-order valence-corrected chi connectivity index (χ1v) is 10.2. The summed E-state index contributed by atoms with van der Waals surface area (Å²) in [5, 5.41) is 14.4. The van der Waals surface area contributed by atoms with Crippen LogP contribution in [0.5, 0.6) is 11.6 Å². The fourth-order valence-electron chi connectivity index (χ4n) is 2.92. The molecule has 2 aromatic carbocycles. The summed E-state index contributed by atoms with van der Waals surface area (Å²) in [6, 6.07) is 15.5. The maximum atomic E-state index is 12.2. The molecule has 0 atom stereocenters. The van der Waals surface area contributed by atoms with Crippen LogP contribution in [-0.4, -0.2) is 25.8 Å². The number of aromatic nitrogens is 4. The molecule has 0 bridgehead atoms. The number of hydrogen-bond donors (Lipinski definition) is 2. The second-order valence-corrected chi connectivity index (χ2v) is 7.59. The average molecular weight is 449 g/mol. The Labute approximate surface area is 190 Å². The normalized spacial score (nSPS) is 10.6. The second kappa shape index (κ2) is 9.07. The topological polar surface area (TPSA) is 94.0 Å². The molecule has 0 unspecified atom stereocenters. The molecule has 4 rings (SSSR count). The lowest BCUT2D eigenvalue weighted by molar-refractivity contribution is 0.262. The summed E-state index contributed by atoms with van der Waals surface area (Å²) in [7, 11) is 0. The summed E-state index contributed by atoms with van der Waals surface area (Å²) in [5.74, 6) is 1.59. The third kappa shape index (κ3) is 4.87. The van der Waals surface area contributed by atoms with Crippen molar-refractivity contribution < 1.29 is 9.53 Å². The van der Waals surface area contributed by atoms with Crippen LogP contribution in [0.15, 0.2) is 60.9 Å². The molecule has 2 amide bonds. The molecule has 0 radical (unpaired) electrons. The van der Waals surface area contributed by atoms with E-state index in [-0.39, 0.29) is 6.03 Å². The van der Waals surface area contributed by atoms with E-state index in [1.165, 1.54) is 0 Å². The largest absolute Gasteiger partial charge is 0.438 e. The molecule has 0 fully saturated rings. The minimum atomic E-state index is -0.370. The molecule has 0 aliphatic carbocycles. The molecule has 0 saturated carbocycles. The van der Waals surface area contributed by atoms with Crippen molar-refractivity contribution in [1.29, 1.82) is 0 Å². The average Bonchev–Trinajstić information content (AvgIpc) is 3.11. The molecule has 0 spiro atoms. The van der Waals surface area contributed by atoms with Crippen LogP contribution in [-0.2, 0) is 0 Å². The maximum absolute atomic E-state index is 12.2. The van der Waals surface area contributed by atoms with E-state index in [0.717, 1.165) is 17.0 Å². The predicted octanol–water partition coefficient (Wildman–Crippen LogP) is 5.68. The van der Waals surface area contributed by atoms with Gasteiger partial charge in [0.2, 0.25) is 5.88 Å². The monoisotopic (exact) mass is 448 g/mol. The van der Waals surface area contributed by atoms with Crippen LogP contribution in [0.2, 0.25) is 5.02 Å². The van der Waals surface area contributed by atoms with Gasteiger partial charge in [-0.3, -0.25) is 4.57 Å². The van der Waals surface area contributed by atoms with E-state index in [9.17, 15) is 4.79 Å². The highest BCUT2D eigenvalue weighted by molar-refractivity contribution is 6.31. The molecule has 162 valence electrons. The quantitative estimate of drug-likeness (QED) is 0.409. The fraction of sp³-hybridized carbons (Fsp3) is 0.130. The number of imidazole rings is 1. The van der Waals surface area contributed by atoms with Crippen molar-refractivity contribution in [3.05, 3.63) is 82.9 Å². The Kier molecular flexibility index (Phi) is 6.04. The molecule has 4 aromatic rings. The van der Waals surface area contributed by atoms with Gasteiger partial charge in [0, 0.05) is 28.2 Å². The van der Waals surface area contributed by atoms with Crippen molar-refractivity contribution in [2.24, 2.45) is 0 Å². The van der Waals surface area contributed by atoms with Crippen LogP contribution in [0.25, 0.3) is 5.82 Å². The summed E-state index contributed by atoms with van der Waals surface area (Å²) in [6.45, 7) is 5.81. The van der Waals surface area contributed by atoms with Gasteiger partial charge in [-0.25, -0.2) is 9.78 Å². The van der Waals surface area contributed by atoms with Crippen molar-refractivity contribution in [2.75, 3.05) is 10.6 Å². The van der Waals surface area contributed by atoms with Gasteiger partial charge < -0.3 is 15.4 Å². The Morgan fingerprint density at radius 3 is 2.28 bits per heavy atom. The number of ether oxygens (including phenoxy) is 1. The molecule has 0 saturated heterocycles. The first-order valence-electron chi connectivity index (χ1n) is 9.86. The van der Waals surface area contributed by atoms with Gasteiger partial charge in [-0.15, -0.1) is 10.2 Å². The van der Waals surface area contributed by atoms with Crippen molar-refractivity contribution in [3.63, 3.8) is 0 Å². The Bertz CT molecular complexity index is 1250. The first kappa shape index (κ1) is 21.3. The van der Waals surface area contributed by atoms with E-state index in [2.05, 4.69) is 25.8 Å². The third-order valence-electron chi connectivity index (χ3n) is 4.89. The highest BCUT2D eigenvalue weighted by atomic mass is 35.5. The lowest BCUT2D eigenvalue weighted by atomic mass is 10.2. The summed E-state index contributed by atoms with van der Waals surface area (Å²) in [5.41, 5.74) is 4.11. The van der Waals surface area contributed by atoms with E-state index in [4.69, 9.17) is 16.3 Å². The number of halogens is 1. The number of rotatable bonds is 5. The number of carbonyl (C=O) groups excluding carboxylic acids is 1. The van der Waals surface area contributed by atoms with E-state index in [1.807, 2.05) is 37.5 Å². The van der Waals surface area contributed by atoms with Crippen LogP contribution < -0.4 is 15.4 Å². The van der Waals surface area contributed by atoms with Gasteiger partial charge in [0.05, 0.1) is 5.69 Å². The van der Waals surface area contributed by atoms with E-state index >= 15 is 0 Å². The van der Waals surface area contributed by atoms with Gasteiger partial charge in [0.25, 0.3) is 0 Å².